The molecule has 0 radical (unpaired) electrons. The molecule has 1 saturated heterocycles. The predicted octanol–water partition coefficient (Wildman–Crippen LogP) is 4.39. The van der Waals surface area contributed by atoms with Gasteiger partial charge in [-0.05, 0) is 61.7 Å². The number of hydrogen-bond donors (Lipinski definition) is 1. The molecule has 192 valence electrons. The normalized spacial score (nSPS) is 14.7. The van der Waals surface area contributed by atoms with Crippen molar-refractivity contribution in [2.75, 3.05) is 19.7 Å². The van der Waals surface area contributed by atoms with Crippen molar-refractivity contribution < 1.29 is 14.0 Å². The zero-order chi connectivity index (χ0) is 25.9. The summed E-state index contributed by atoms with van der Waals surface area (Å²) in [5, 5.41) is 22.0. The van der Waals surface area contributed by atoms with Gasteiger partial charge in [-0.2, -0.15) is 4.98 Å². The van der Waals surface area contributed by atoms with E-state index in [2.05, 4.69) is 42.5 Å². The fourth-order valence-electron chi connectivity index (χ4n) is 4.77. The van der Waals surface area contributed by atoms with Crippen LogP contribution in [0.25, 0.3) is 39.9 Å². The minimum absolute atomic E-state index is 0.185. The van der Waals surface area contributed by atoms with Gasteiger partial charge in [0.15, 0.2) is 5.69 Å². The molecule has 1 N–H and O–H groups in total. The van der Waals surface area contributed by atoms with E-state index in [0.717, 1.165) is 43.6 Å². The quantitative estimate of drug-likeness (QED) is 0.343. The van der Waals surface area contributed by atoms with Crippen LogP contribution in [0.2, 0.25) is 0 Å². The third kappa shape index (κ3) is 4.83. The number of halogens is 1. The van der Waals surface area contributed by atoms with Crippen molar-refractivity contribution in [3.8, 4) is 39.9 Å². The summed E-state index contributed by atoms with van der Waals surface area (Å²) in [7, 11) is 0. The van der Waals surface area contributed by atoms with Gasteiger partial charge in [-0.25, -0.2) is 9.07 Å². The molecule has 0 amide bonds. The van der Waals surface area contributed by atoms with E-state index in [9.17, 15) is 9.50 Å². The number of aliphatic hydroxyl groups excluding tert-OH is 1. The number of pyridine rings is 1. The van der Waals surface area contributed by atoms with E-state index in [1.807, 2.05) is 12.1 Å². The molecule has 1 aliphatic heterocycles. The standard InChI is InChI=1S/C28H26FN7O2/c29-23-3-1-2-4-24(23)36-26(21-9-13-30-14-10-21)25(32-34-36)28-31-27(33-38-28)22-7-5-19(6-8-22)17-35-15-11-20(18-37)12-16-35/h1-10,13-14,20,37H,11-12,15-18H2. The first-order valence-corrected chi connectivity index (χ1v) is 12.6. The highest BCUT2D eigenvalue weighted by molar-refractivity contribution is 5.76. The summed E-state index contributed by atoms with van der Waals surface area (Å²) in [4.78, 5) is 11.1. The summed E-state index contributed by atoms with van der Waals surface area (Å²) in [6.07, 6.45) is 5.35. The van der Waals surface area contributed by atoms with Crippen molar-refractivity contribution in [3.63, 3.8) is 0 Å². The number of aromatic nitrogens is 6. The molecule has 0 bridgehead atoms. The molecule has 9 nitrogen and oxygen atoms in total. The van der Waals surface area contributed by atoms with Crippen molar-refractivity contribution in [1.29, 1.82) is 0 Å². The van der Waals surface area contributed by atoms with Gasteiger partial charge in [-0.1, -0.05) is 46.8 Å². The maximum Gasteiger partial charge on any atom is 0.281 e. The average Bonchev–Trinajstić information content (AvgIpc) is 3.63. The second-order valence-corrected chi connectivity index (χ2v) is 9.41. The van der Waals surface area contributed by atoms with Crippen LogP contribution in [-0.2, 0) is 6.54 Å². The fraction of sp³-hybridized carbons (Fsp3) is 0.250. The number of rotatable bonds is 7. The largest absolute Gasteiger partial charge is 0.396 e. The van der Waals surface area contributed by atoms with Crippen LogP contribution in [0.1, 0.15) is 18.4 Å². The predicted molar refractivity (Wildman–Crippen MR) is 138 cm³/mol. The molecule has 5 aromatic rings. The van der Waals surface area contributed by atoms with Crippen molar-refractivity contribution in [2.45, 2.75) is 19.4 Å². The highest BCUT2D eigenvalue weighted by Crippen LogP contribution is 2.32. The smallest absolute Gasteiger partial charge is 0.281 e. The van der Waals surface area contributed by atoms with Crippen LogP contribution in [0.4, 0.5) is 4.39 Å². The Hall–Kier alpha value is -4.28. The monoisotopic (exact) mass is 511 g/mol. The second-order valence-electron chi connectivity index (χ2n) is 9.41. The number of hydrogen-bond acceptors (Lipinski definition) is 8. The van der Waals surface area contributed by atoms with Crippen LogP contribution in [0.15, 0.2) is 77.6 Å². The second kappa shape index (κ2) is 10.6. The Bertz CT molecular complexity index is 1510. The average molecular weight is 512 g/mol. The molecular weight excluding hydrogens is 485 g/mol. The van der Waals surface area contributed by atoms with Crippen LogP contribution < -0.4 is 0 Å². The van der Waals surface area contributed by atoms with Crippen LogP contribution in [-0.4, -0.2) is 59.8 Å². The highest BCUT2D eigenvalue weighted by atomic mass is 19.1. The van der Waals surface area contributed by atoms with E-state index < -0.39 is 5.82 Å². The number of benzene rings is 2. The topological polar surface area (TPSA) is 106 Å². The van der Waals surface area contributed by atoms with E-state index in [-0.39, 0.29) is 18.2 Å². The third-order valence-corrected chi connectivity index (χ3v) is 6.92. The Morgan fingerprint density at radius 2 is 1.71 bits per heavy atom. The SMILES string of the molecule is OCC1CCN(Cc2ccc(-c3noc(-c4nnn(-c5ccccc5F)c4-c4ccncc4)n3)cc2)CC1. The Balaban J connectivity index is 1.27. The molecule has 0 spiro atoms. The van der Waals surface area contributed by atoms with Crippen LogP contribution in [0.5, 0.6) is 0 Å². The Labute approximate surface area is 218 Å². The molecule has 0 atom stereocenters. The maximum absolute atomic E-state index is 14.7. The van der Waals surface area contributed by atoms with Crippen molar-refractivity contribution in [2.24, 2.45) is 5.92 Å². The van der Waals surface area contributed by atoms with Gasteiger partial charge in [-0.3, -0.25) is 9.88 Å². The van der Waals surface area contributed by atoms with E-state index in [1.54, 1.807) is 42.7 Å². The lowest BCUT2D eigenvalue weighted by atomic mass is 9.97. The molecule has 3 aromatic heterocycles. The van der Waals surface area contributed by atoms with Crippen LogP contribution in [0, 0.1) is 11.7 Å². The Morgan fingerprint density at radius 1 is 0.947 bits per heavy atom. The number of aliphatic hydroxyl groups is 1. The van der Waals surface area contributed by atoms with Crippen LogP contribution >= 0.6 is 0 Å². The van der Waals surface area contributed by atoms with Crippen molar-refractivity contribution in [3.05, 3.63) is 84.4 Å². The van der Waals surface area contributed by atoms with Gasteiger partial charge in [0.2, 0.25) is 5.82 Å². The van der Waals surface area contributed by atoms with Gasteiger partial charge in [-0.15, -0.1) is 5.10 Å². The van der Waals surface area contributed by atoms with Gasteiger partial charge in [0.05, 0.1) is 0 Å². The minimum atomic E-state index is -0.427. The summed E-state index contributed by atoms with van der Waals surface area (Å²) < 4.78 is 21.7. The molecular formula is C28H26FN7O2. The highest BCUT2D eigenvalue weighted by Gasteiger charge is 2.24. The van der Waals surface area contributed by atoms with E-state index in [4.69, 9.17) is 4.52 Å². The summed E-state index contributed by atoms with van der Waals surface area (Å²) in [5.74, 6) is 0.610. The van der Waals surface area contributed by atoms with Gasteiger partial charge in [0, 0.05) is 36.7 Å². The minimum Gasteiger partial charge on any atom is -0.396 e. The zero-order valence-corrected chi connectivity index (χ0v) is 20.6. The molecule has 0 saturated carbocycles. The Morgan fingerprint density at radius 3 is 2.45 bits per heavy atom. The Kier molecular flexibility index (Phi) is 6.72. The molecule has 2 aromatic carbocycles. The lowest BCUT2D eigenvalue weighted by Gasteiger charge is -2.31. The van der Waals surface area contributed by atoms with E-state index in [1.165, 1.54) is 16.3 Å². The summed E-state index contributed by atoms with van der Waals surface area (Å²) in [5.41, 5.74) is 3.88. The van der Waals surface area contributed by atoms with Gasteiger partial charge in [0.25, 0.3) is 5.89 Å². The molecule has 0 aliphatic carbocycles. The lowest BCUT2D eigenvalue weighted by molar-refractivity contribution is 0.127. The fourth-order valence-corrected chi connectivity index (χ4v) is 4.77. The van der Waals surface area contributed by atoms with Crippen LogP contribution in [0.3, 0.4) is 0 Å². The first kappa shape index (κ1) is 24.1. The number of piperidine rings is 1. The van der Waals surface area contributed by atoms with Gasteiger partial charge < -0.3 is 9.63 Å². The lowest BCUT2D eigenvalue weighted by Crippen LogP contribution is -2.34. The number of likely N-dealkylation sites (tertiary alicyclic amines) is 1. The van der Waals surface area contributed by atoms with Gasteiger partial charge in [0.1, 0.15) is 17.2 Å². The number of nitrogens with zero attached hydrogens (tertiary/aromatic N) is 7. The summed E-state index contributed by atoms with van der Waals surface area (Å²) in [6, 6.07) is 18.0. The van der Waals surface area contributed by atoms with E-state index >= 15 is 0 Å². The molecule has 6 rings (SSSR count). The molecule has 1 aliphatic rings. The summed E-state index contributed by atoms with van der Waals surface area (Å²) in [6.45, 7) is 3.13. The molecule has 10 heteroatoms. The maximum atomic E-state index is 14.7. The summed E-state index contributed by atoms with van der Waals surface area (Å²) >= 11 is 0. The third-order valence-electron chi connectivity index (χ3n) is 6.92. The van der Waals surface area contributed by atoms with Crippen molar-refractivity contribution >= 4 is 0 Å². The molecule has 0 unspecified atom stereocenters. The molecule has 1 fully saturated rings. The zero-order valence-electron chi connectivity index (χ0n) is 20.6. The van der Waals surface area contributed by atoms with E-state index in [0.29, 0.717) is 23.1 Å². The molecule has 4 heterocycles. The first-order valence-electron chi connectivity index (χ1n) is 12.6. The number of para-hydroxylation sites is 1. The molecule has 38 heavy (non-hydrogen) atoms. The van der Waals surface area contributed by atoms with Gasteiger partial charge >= 0.3 is 0 Å². The first-order chi connectivity index (χ1) is 18.7. The van der Waals surface area contributed by atoms with Crippen molar-refractivity contribution in [1.82, 2.24) is 35.0 Å².